The van der Waals surface area contributed by atoms with Crippen molar-refractivity contribution in [2.45, 2.75) is 39.5 Å². The molecule has 0 aliphatic heterocycles. The molecule has 1 aliphatic rings. The lowest BCUT2D eigenvalue weighted by Crippen LogP contribution is -2.02. The van der Waals surface area contributed by atoms with Gasteiger partial charge in [0.2, 0.25) is 0 Å². The van der Waals surface area contributed by atoms with Crippen LogP contribution in [0, 0.1) is 22.7 Å². The van der Waals surface area contributed by atoms with Gasteiger partial charge in [0.1, 0.15) is 40.5 Å². The van der Waals surface area contributed by atoms with Crippen molar-refractivity contribution < 1.29 is 0 Å². The largest absolute Gasteiger partial charge is 0.244 e. The van der Waals surface area contributed by atoms with Gasteiger partial charge in [0.15, 0.2) is 0 Å². The fourth-order valence-electron chi connectivity index (χ4n) is 4.30. The molecule has 0 fully saturated rings. The van der Waals surface area contributed by atoms with E-state index in [0.717, 1.165) is 16.6 Å². The minimum absolute atomic E-state index is 0.0360. The molecule has 0 unspecified atom stereocenters. The fraction of sp³-hybridized carbons (Fsp3) is 0.231. The van der Waals surface area contributed by atoms with Crippen LogP contribution in [0.3, 0.4) is 0 Å². The van der Waals surface area contributed by atoms with E-state index in [2.05, 4.69) is 39.8 Å². The van der Waals surface area contributed by atoms with Crippen LogP contribution in [0.2, 0.25) is 0 Å². The summed E-state index contributed by atoms with van der Waals surface area (Å²) in [6, 6.07) is 15.7. The van der Waals surface area contributed by atoms with E-state index in [1.54, 1.807) is 0 Å². The second-order valence-corrected chi connectivity index (χ2v) is 8.58. The number of nitrogens with zero attached hydrogens (tertiary/aromatic N) is 6. The lowest BCUT2D eigenvalue weighted by molar-refractivity contribution is 0.792. The molecule has 0 radical (unpaired) electrons. The third-order valence-corrected chi connectivity index (χ3v) is 5.86. The molecule has 2 aromatic carbocycles. The van der Waals surface area contributed by atoms with Crippen LogP contribution in [0.5, 0.6) is 0 Å². The summed E-state index contributed by atoms with van der Waals surface area (Å²) < 4.78 is 0. The van der Waals surface area contributed by atoms with Gasteiger partial charge in [-0.2, -0.15) is 10.5 Å². The van der Waals surface area contributed by atoms with Crippen molar-refractivity contribution >= 4 is 27.6 Å². The highest BCUT2D eigenvalue weighted by molar-refractivity contribution is 6.02. The Morgan fingerprint density at radius 1 is 0.656 bits per heavy atom. The average molecular weight is 416 g/mol. The molecular formula is C26H20N6. The lowest BCUT2D eigenvalue weighted by atomic mass is 9.90. The highest BCUT2D eigenvalue weighted by Crippen LogP contribution is 2.43. The first kappa shape index (κ1) is 19.8. The fourth-order valence-corrected chi connectivity index (χ4v) is 4.30. The Hall–Kier alpha value is -4.16. The molecule has 6 nitrogen and oxygen atoms in total. The van der Waals surface area contributed by atoms with Gasteiger partial charge >= 0.3 is 0 Å². The Labute approximate surface area is 185 Å². The number of hydrogen-bond donors (Lipinski definition) is 0. The van der Waals surface area contributed by atoms with Crippen molar-refractivity contribution in [3.05, 3.63) is 64.5 Å². The number of hydrogen-bond acceptors (Lipinski definition) is 6. The summed E-state index contributed by atoms with van der Waals surface area (Å²) in [6.07, 6.45) is 0. The number of rotatable bonds is 2. The number of benzene rings is 2. The molecule has 4 aromatic rings. The second kappa shape index (κ2) is 7.21. The lowest BCUT2D eigenvalue weighted by Gasteiger charge is -2.17. The molecule has 0 bridgehead atoms. The standard InChI is InChI=1S/C26H20N6/c1-13(2)16-9-20-21(10-17(16)14(3)4)32-26-24(31-20)22(15(11-27)12-28)23-25(26)30-19-8-6-5-7-18(19)29-23/h5-10,13-14H,1-4H3. The first-order chi connectivity index (χ1) is 15.4. The Morgan fingerprint density at radius 3 is 1.50 bits per heavy atom. The van der Waals surface area contributed by atoms with Crippen molar-refractivity contribution in [1.82, 2.24) is 19.9 Å². The van der Waals surface area contributed by atoms with E-state index < -0.39 is 0 Å². The average Bonchev–Trinajstić information content (AvgIpc) is 3.08. The first-order valence-corrected chi connectivity index (χ1v) is 10.6. The third-order valence-electron chi connectivity index (χ3n) is 5.86. The first-order valence-electron chi connectivity index (χ1n) is 10.6. The van der Waals surface area contributed by atoms with Crippen LogP contribution in [-0.4, -0.2) is 19.9 Å². The Morgan fingerprint density at radius 2 is 1.06 bits per heavy atom. The normalized spacial score (nSPS) is 12.2. The van der Waals surface area contributed by atoms with Crippen LogP contribution >= 0.6 is 0 Å². The van der Waals surface area contributed by atoms with Crippen LogP contribution < -0.4 is 0 Å². The van der Waals surface area contributed by atoms with E-state index in [1.165, 1.54) is 11.1 Å². The van der Waals surface area contributed by atoms with Gasteiger partial charge in [-0.1, -0.05) is 39.8 Å². The summed E-state index contributed by atoms with van der Waals surface area (Å²) in [5.74, 6) is 0.684. The summed E-state index contributed by atoms with van der Waals surface area (Å²) in [5.41, 5.74) is 7.89. The van der Waals surface area contributed by atoms with Crippen molar-refractivity contribution in [2.75, 3.05) is 0 Å². The van der Waals surface area contributed by atoms with Gasteiger partial charge in [-0.25, -0.2) is 19.9 Å². The molecule has 154 valence electrons. The molecule has 0 saturated heterocycles. The summed E-state index contributed by atoms with van der Waals surface area (Å²) >= 11 is 0. The maximum absolute atomic E-state index is 9.65. The Bertz CT molecular complexity index is 1530. The van der Waals surface area contributed by atoms with E-state index in [9.17, 15) is 10.5 Å². The zero-order valence-electron chi connectivity index (χ0n) is 18.3. The minimum Gasteiger partial charge on any atom is -0.244 e. The second-order valence-electron chi connectivity index (χ2n) is 8.58. The van der Waals surface area contributed by atoms with Crippen LogP contribution in [0.15, 0.2) is 42.0 Å². The number of aromatic nitrogens is 4. The van der Waals surface area contributed by atoms with Crippen molar-refractivity contribution in [3.63, 3.8) is 0 Å². The topological polar surface area (TPSA) is 99.1 Å². The molecule has 1 aliphatic carbocycles. The van der Waals surface area contributed by atoms with E-state index in [0.29, 0.717) is 45.7 Å². The SMILES string of the molecule is CC(C)c1cc2nc3c(nc2cc1C(C)C)-c1nc2ccccc2nc1C3=C(C#N)C#N. The van der Waals surface area contributed by atoms with Gasteiger partial charge in [0.25, 0.3) is 0 Å². The molecular weight excluding hydrogens is 396 g/mol. The van der Waals surface area contributed by atoms with Crippen LogP contribution in [0.1, 0.15) is 62.0 Å². The Balaban J connectivity index is 1.90. The van der Waals surface area contributed by atoms with Crippen LogP contribution in [0.4, 0.5) is 0 Å². The smallest absolute Gasteiger partial charge is 0.141 e. The summed E-state index contributed by atoms with van der Waals surface area (Å²) in [6.45, 7) is 8.68. The summed E-state index contributed by atoms with van der Waals surface area (Å²) in [5, 5.41) is 19.3. The van der Waals surface area contributed by atoms with Gasteiger partial charge in [-0.3, -0.25) is 0 Å². The maximum atomic E-state index is 9.65. The quantitative estimate of drug-likeness (QED) is 0.345. The zero-order chi connectivity index (χ0) is 22.6. The molecule has 5 rings (SSSR count). The number of fused-ring (bicyclic) bond motifs is 5. The molecule has 2 aromatic heterocycles. The van der Waals surface area contributed by atoms with Gasteiger partial charge in [-0.15, -0.1) is 0 Å². The molecule has 0 amide bonds. The van der Waals surface area contributed by atoms with E-state index in [1.807, 2.05) is 36.4 Å². The summed E-state index contributed by atoms with van der Waals surface area (Å²) in [7, 11) is 0. The maximum Gasteiger partial charge on any atom is 0.141 e. The molecule has 6 heteroatoms. The van der Waals surface area contributed by atoms with E-state index in [-0.39, 0.29) is 5.57 Å². The Kier molecular flexibility index (Phi) is 4.46. The van der Waals surface area contributed by atoms with Gasteiger partial charge in [-0.05, 0) is 47.2 Å². The van der Waals surface area contributed by atoms with Gasteiger partial charge in [0.05, 0.1) is 27.6 Å². The predicted octanol–water partition coefficient (Wildman–Crippen LogP) is 5.65. The third kappa shape index (κ3) is 2.85. The molecule has 0 saturated carbocycles. The molecule has 0 N–H and O–H groups in total. The minimum atomic E-state index is -0.0360. The summed E-state index contributed by atoms with van der Waals surface area (Å²) in [4.78, 5) is 19.4. The van der Waals surface area contributed by atoms with Crippen molar-refractivity contribution in [3.8, 4) is 23.5 Å². The highest BCUT2D eigenvalue weighted by atomic mass is 14.9. The van der Waals surface area contributed by atoms with Gasteiger partial charge in [0, 0.05) is 0 Å². The molecule has 0 atom stereocenters. The van der Waals surface area contributed by atoms with Gasteiger partial charge < -0.3 is 0 Å². The molecule has 2 heterocycles. The number of nitriles is 2. The number of para-hydroxylation sites is 2. The molecule has 0 spiro atoms. The zero-order valence-corrected chi connectivity index (χ0v) is 18.3. The predicted molar refractivity (Wildman–Crippen MR) is 123 cm³/mol. The van der Waals surface area contributed by atoms with E-state index in [4.69, 9.17) is 19.9 Å². The van der Waals surface area contributed by atoms with Crippen LogP contribution in [0.25, 0.3) is 39.0 Å². The number of allylic oxidation sites excluding steroid dienone is 1. The van der Waals surface area contributed by atoms with Crippen molar-refractivity contribution in [1.29, 1.82) is 10.5 Å². The van der Waals surface area contributed by atoms with E-state index >= 15 is 0 Å². The monoisotopic (exact) mass is 416 g/mol. The molecule has 32 heavy (non-hydrogen) atoms. The van der Waals surface area contributed by atoms with Crippen molar-refractivity contribution in [2.24, 2.45) is 0 Å². The highest BCUT2D eigenvalue weighted by Gasteiger charge is 2.33. The van der Waals surface area contributed by atoms with Crippen LogP contribution in [-0.2, 0) is 0 Å².